The smallest absolute Gasteiger partial charge is 0.338 e. The first-order chi connectivity index (χ1) is 49.8. The molecular formula is C89H122O19. The van der Waals surface area contributed by atoms with Crippen LogP contribution in [-0.4, -0.2) is 113 Å². The van der Waals surface area contributed by atoms with Crippen LogP contribution in [0, 0.1) is 5.41 Å². The highest BCUT2D eigenvalue weighted by molar-refractivity contribution is 6.01. The van der Waals surface area contributed by atoms with E-state index in [1.807, 2.05) is 45.1 Å². The third-order valence-electron chi connectivity index (χ3n) is 13.5. The van der Waals surface area contributed by atoms with Crippen LogP contribution in [0.3, 0.4) is 0 Å². The summed E-state index contributed by atoms with van der Waals surface area (Å²) in [5.74, 6) is -2.71. The van der Waals surface area contributed by atoms with Crippen molar-refractivity contribution in [3.05, 3.63) is 190 Å². The topological polar surface area (TPSA) is 238 Å². The maximum Gasteiger partial charge on any atom is 0.338 e. The lowest BCUT2D eigenvalue weighted by Crippen LogP contribution is -2.25. The fourth-order valence-electron chi connectivity index (χ4n) is 9.22. The average molecular weight is 1500 g/mol. The molecule has 0 aliphatic heterocycles. The Morgan fingerprint density at radius 1 is 0.250 bits per heavy atom. The van der Waals surface area contributed by atoms with E-state index < -0.39 is 81.0 Å². The Hall–Kier alpha value is -9.52. The fourth-order valence-corrected chi connectivity index (χ4v) is 9.22. The van der Waals surface area contributed by atoms with E-state index in [1.165, 1.54) is 62.1 Å². The van der Waals surface area contributed by atoms with E-state index >= 15 is 0 Å². The van der Waals surface area contributed by atoms with Crippen LogP contribution in [0.2, 0.25) is 0 Å². The maximum atomic E-state index is 13.0. The number of ether oxygens (including phenoxy) is 11. The van der Waals surface area contributed by atoms with Crippen LogP contribution in [0.5, 0.6) is 23.0 Å². The molecule has 4 aromatic rings. The molecule has 0 heterocycles. The first kappa shape index (κ1) is 92.7. The van der Waals surface area contributed by atoms with Crippen molar-refractivity contribution in [2.75, 3.05) is 26.4 Å². The molecule has 0 unspecified atom stereocenters. The second-order valence-corrected chi connectivity index (χ2v) is 34.0. The first-order valence-electron chi connectivity index (χ1n) is 37.0. The van der Waals surface area contributed by atoms with E-state index in [0.717, 1.165) is 25.7 Å². The number of esters is 7. The number of hydrogen-bond donors (Lipinski definition) is 0. The summed E-state index contributed by atoms with van der Waals surface area (Å²) in [6.07, 6.45) is 33.1. The second kappa shape index (κ2) is 42.3. The van der Waals surface area contributed by atoms with E-state index in [2.05, 4.69) is 36.5 Å². The van der Waals surface area contributed by atoms with Gasteiger partial charge in [0.2, 0.25) is 0 Å². The molecule has 1 aliphatic carbocycles. The summed E-state index contributed by atoms with van der Waals surface area (Å²) in [7, 11) is 0. The van der Waals surface area contributed by atoms with Crippen molar-refractivity contribution in [3.63, 3.8) is 0 Å². The quantitative estimate of drug-likeness (QED) is 0.0177. The number of allylic oxidation sites excluding steroid dienone is 8. The molecule has 0 spiro atoms. The third-order valence-corrected chi connectivity index (χ3v) is 13.5. The highest BCUT2D eigenvalue weighted by atomic mass is 16.6. The number of Topliss-reactive ketones (excluding diaryl/α,β-unsaturated/α-hetero) is 1. The summed E-state index contributed by atoms with van der Waals surface area (Å²) in [5, 5.41) is 0. The standard InChI is InChI=1S/C44H60O10.C37H50O9.C8H12/c1-41(2,3)51-37(45)31-25-32(38(46)52-42(4,5)6)28-35(27-31)49-23-21-19-17-15-13-14-16-18-20-22-24-50-36-29-33(39(47)53-43(7,8)9)26-34(30-36)40(48)54-44(10,11)12;1-34(2,3)23-30(38)24-17-25(31(39)44-35(4,5)6)20-28(19-24)42-15-13-14-16-43-29-21-26(32(40)45-36(7,8)9)18-27(22-29)33(41)46-37(10,11)12;1-2-4-6-8-7-5-3-1/h13-14,19-22,25-30H,15-18,23-24H2,1-12H3;13-14,17-22H,15-16,23H2,1-12H3;1-2,7-8H,3-6H2/b;14-13-;2-1-,8-7?. The van der Waals surface area contributed by atoms with Crippen molar-refractivity contribution in [2.24, 2.45) is 5.41 Å². The van der Waals surface area contributed by atoms with Gasteiger partial charge in [0.15, 0.2) is 5.78 Å². The Morgan fingerprint density at radius 3 is 0.602 bits per heavy atom. The number of unbranched alkanes of at least 4 members (excludes halogenated alkanes) is 2. The summed E-state index contributed by atoms with van der Waals surface area (Å²) in [6, 6.07) is 18.3. The summed E-state index contributed by atoms with van der Waals surface area (Å²) in [4.78, 5) is 102. The van der Waals surface area contributed by atoms with Crippen molar-refractivity contribution < 1.29 is 90.5 Å². The zero-order valence-corrected chi connectivity index (χ0v) is 68.8. The predicted molar refractivity (Wildman–Crippen MR) is 424 cm³/mol. The molecule has 0 radical (unpaired) electrons. The highest BCUT2D eigenvalue weighted by Gasteiger charge is 2.29. The van der Waals surface area contributed by atoms with E-state index in [4.69, 9.17) is 52.1 Å². The van der Waals surface area contributed by atoms with Crippen molar-refractivity contribution in [1.82, 2.24) is 0 Å². The average Bonchev–Trinajstić information content (AvgIpc) is 0.844. The Kier molecular flexibility index (Phi) is 36.3. The van der Waals surface area contributed by atoms with Crippen LogP contribution in [-0.2, 0) is 33.2 Å². The molecule has 0 saturated heterocycles. The number of carbonyl (C=O) groups excluding carboxylic acids is 8. The van der Waals surface area contributed by atoms with Crippen molar-refractivity contribution in [3.8, 4) is 23.0 Å². The number of carbonyl (C=O) groups is 8. The third kappa shape index (κ3) is 42.1. The summed E-state index contributed by atoms with van der Waals surface area (Å²) >= 11 is 0. The highest BCUT2D eigenvalue weighted by Crippen LogP contribution is 2.30. The monoisotopic (exact) mass is 1490 g/mol. The Morgan fingerprint density at radius 2 is 0.417 bits per heavy atom. The van der Waals surface area contributed by atoms with Crippen LogP contribution < -0.4 is 18.9 Å². The molecule has 0 N–H and O–H groups in total. The Labute approximate surface area is 643 Å². The lowest BCUT2D eigenvalue weighted by atomic mass is 9.87. The van der Waals surface area contributed by atoms with Gasteiger partial charge in [-0.3, -0.25) is 4.79 Å². The van der Waals surface area contributed by atoms with Crippen molar-refractivity contribution in [1.29, 1.82) is 0 Å². The van der Waals surface area contributed by atoms with Crippen LogP contribution in [0.25, 0.3) is 0 Å². The minimum atomic E-state index is -0.726. The largest absolute Gasteiger partial charge is 0.489 e. The van der Waals surface area contributed by atoms with E-state index in [1.54, 1.807) is 194 Å². The van der Waals surface area contributed by atoms with Crippen LogP contribution in [0.1, 0.15) is 307 Å². The molecule has 1 aliphatic rings. The van der Waals surface area contributed by atoms with Gasteiger partial charge in [-0.15, -0.1) is 0 Å². The van der Waals surface area contributed by atoms with Gasteiger partial charge in [-0.05, 0) is 287 Å². The van der Waals surface area contributed by atoms with Gasteiger partial charge in [-0.1, -0.05) is 81.5 Å². The summed E-state index contributed by atoms with van der Waals surface area (Å²) in [6.45, 7) is 43.8. The van der Waals surface area contributed by atoms with E-state index in [0.29, 0.717) is 29.2 Å². The normalized spacial score (nSPS) is 13.4. The summed E-state index contributed by atoms with van der Waals surface area (Å²) in [5.41, 5.74) is -3.43. The Bertz CT molecular complexity index is 3390. The number of hydrogen-bond acceptors (Lipinski definition) is 19. The van der Waals surface area contributed by atoms with Gasteiger partial charge in [-0.25, -0.2) is 33.6 Å². The molecule has 0 bridgehead atoms. The van der Waals surface area contributed by atoms with Gasteiger partial charge in [0.05, 0.1) is 38.9 Å². The van der Waals surface area contributed by atoms with Gasteiger partial charge >= 0.3 is 41.8 Å². The van der Waals surface area contributed by atoms with Gasteiger partial charge in [-0.2, -0.15) is 0 Å². The molecule has 0 fully saturated rings. The fraction of sp³-hybridized carbons (Fsp3) is 0.506. The van der Waals surface area contributed by atoms with Crippen molar-refractivity contribution in [2.45, 2.75) is 263 Å². The maximum absolute atomic E-state index is 13.0. The molecule has 592 valence electrons. The molecule has 0 aromatic heterocycles. The molecule has 19 nitrogen and oxygen atoms in total. The molecular weight excluding hydrogens is 1370 g/mol. The van der Waals surface area contributed by atoms with Crippen LogP contribution >= 0.6 is 0 Å². The summed E-state index contributed by atoms with van der Waals surface area (Å²) < 4.78 is 61.9. The molecule has 108 heavy (non-hydrogen) atoms. The molecule has 0 saturated carbocycles. The Balaban J connectivity index is 0.000000511. The van der Waals surface area contributed by atoms with Gasteiger partial charge in [0.25, 0.3) is 0 Å². The number of ketones is 1. The van der Waals surface area contributed by atoms with E-state index in [9.17, 15) is 38.4 Å². The number of rotatable bonds is 27. The molecule has 0 amide bonds. The predicted octanol–water partition coefficient (Wildman–Crippen LogP) is 21.1. The van der Waals surface area contributed by atoms with E-state index in [-0.39, 0.29) is 82.3 Å². The first-order valence-corrected chi connectivity index (χ1v) is 37.0. The SMILES string of the molecule is C1=CCC/C=C\CC1.CC(C)(C)CC(=O)c1cc(OC/C=C\COc2cc(C(=O)OC(C)(C)C)cc(C(=O)OC(C)(C)C)c2)cc(C(=O)OC(C)(C)C)c1.CC(C)(C)OC(=O)c1cc(OCC=CCCC=CCCC=CCOc2cc(C(=O)OC(C)(C)C)cc(C(=O)OC(C)(C)C)c2)cc(C(=O)OC(C)(C)C)c1. The minimum Gasteiger partial charge on any atom is -0.489 e. The molecule has 5 rings (SSSR count). The molecule has 4 aromatic carbocycles. The lowest BCUT2D eigenvalue weighted by Gasteiger charge is -2.21. The van der Waals surface area contributed by atoms with Gasteiger partial charge in [0, 0.05) is 12.0 Å². The van der Waals surface area contributed by atoms with Crippen LogP contribution in [0.15, 0.2) is 146 Å². The lowest BCUT2D eigenvalue weighted by molar-refractivity contribution is 0.00458. The van der Waals surface area contributed by atoms with Gasteiger partial charge < -0.3 is 52.1 Å². The van der Waals surface area contributed by atoms with Crippen LogP contribution in [0.4, 0.5) is 0 Å². The second-order valence-electron chi connectivity index (χ2n) is 34.0. The molecule has 0 atom stereocenters. The van der Waals surface area contributed by atoms with Gasteiger partial charge in [0.1, 0.15) is 88.6 Å². The number of benzene rings is 4. The van der Waals surface area contributed by atoms with Crippen molar-refractivity contribution >= 4 is 47.6 Å². The minimum absolute atomic E-state index is 0.0994. The molecule has 19 heteroatoms. The zero-order chi connectivity index (χ0) is 81.5. The zero-order valence-electron chi connectivity index (χ0n) is 68.8.